The second-order valence-corrected chi connectivity index (χ2v) is 6.49. The SMILES string of the molecule is CN(C)C(CNC(=O)c1ccc(Cl)cc1Cl)c1ccsc1. The molecule has 1 N–H and O–H groups in total. The number of nitrogens with one attached hydrogen (secondary N) is 1. The van der Waals surface area contributed by atoms with Crippen LogP contribution in [0.25, 0.3) is 0 Å². The van der Waals surface area contributed by atoms with Gasteiger partial charge in [-0.3, -0.25) is 4.79 Å². The molecule has 1 unspecified atom stereocenters. The summed E-state index contributed by atoms with van der Waals surface area (Å²) in [6, 6.07) is 7.06. The van der Waals surface area contributed by atoms with Gasteiger partial charge in [-0.1, -0.05) is 23.2 Å². The minimum atomic E-state index is -0.196. The summed E-state index contributed by atoms with van der Waals surface area (Å²) < 4.78 is 0. The van der Waals surface area contributed by atoms with E-state index in [0.29, 0.717) is 22.2 Å². The largest absolute Gasteiger partial charge is 0.350 e. The zero-order chi connectivity index (χ0) is 15.4. The van der Waals surface area contributed by atoms with E-state index < -0.39 is 0 Å². The van der Waals surface area contributed by atoms with Crippen LogP contribution in [0.2, 0.25) is 10.0 Å². The van der Waals surface area contributed by atoms with Crippen molar-refractivity contribution in [2.45, 2.75) is 6.04 Å². The number of rotatable bonds is 5. The van der Waals surface area contributed by atoms with Gasteiger partial charge in [-0.2, -0.15) is 11.3 Å². The molecule has 2 rings (SSSR count). The normalized spacial score (nSPS) is 12.4. The molecule has 112 valence electrons. The van der Waals surface area contributed by atoms with Crippen LogP contribution in [0.4, 0.5) is 0 Å². The van der Waals surface area contributed by atoms with Gasteiger partial charge in [-0.05, 0) is 54.7 Å². The fraction of sp³-hybridized carbons (Fsp3) is 0.267. The van der Waals surface area contributed by atoms with Crippen LogP contribution in [0.15, 0.2) is 35.0 Å². The summed E-state index contributed by atoms with van der Waals surface area (Å²) in [5.41, 5.74) is 1.62. The number of thiophene rings is 1. The van der Waals surface area contributed by atoms with Crippen molar-refractivity contribution in [2.24, 2.45) is 0 Å². The zero-order valence-corrected chi connectivity index (χ0v) is 14.1. The van der Waals surface area contributed by atoms with Crippen molar-refractivity contribution in [3.63, 3.8) is 0 Å². The van der Waals surface area contributed by atoms with E-state index in [2.05, 4.69) is 21.7 Å². The molecule has 0 aliphatic heterocycles. The highest BCUT2D eigenvalue weighted by atomic mass is 35.5. The number of benzene rings is 1. The number of amides is 1. The number of carbonyl (C=O) groups is 1. The van der Waals surface area contributed by atoms with E-state index in [1.54, 1.807) is 29.5 Å². The molecule has 6 heteroatoms. The molecule has 0 spiro atoms. The first-order valence-corrected chi connectivity index (χ1v) is 8.10. The maximum absolute atomic E-state index is 12.2. The number of hydrogen-bond donors (Lipinski definition) is 1. The first-order chi connectivity index (χ1) is 9.99. The lowest BCUT2D eigenvalue weighted by atomic mass is 10.1. The second-order valence-electron chi connectivity index (χ2n) is 4.87. The average Bonchev–Trinajstić information content (AvgIpc) is 2.92. The Morgan fingerprint density at radius 2 is 2.10 bits per heavy atom. The Hall–Kier alpha value is -1.07. The van der Waals surface area contributed by atoms with E-state index in [9.17, 15) is 4.79 Å². The van der Waals surface area contributed by atoms with E-state index in [1.165, 1.54) is 5.56 Å². The molecule has 0 aliphatic rings. The molecular formula is C15H16Cl2N2OS. The lowest BCUT2D eigenvalue weighted by Gasteiger charge is -2.24. The van der Waals surface area contributed by atoms with Gasteiger partial charge in [-0.15, -0.1) is 0 Å². The van der Waals surface area contributed by atoms with Gasteiger partial charge in [0.2, 0.25) is 0 Å². The number of hydrogen-bond acceptors (Lipinski definition) is 3. The first-order valence-electron chi connectivity index (χ1n) is 6.41. The predicted molar refractivity (Wildman–Crippen MR) is 89.5 cm³/mol. The Bertz CT molecular complexity index is 614. The van der Waals surface area contributed by atoms with Gasteiger partial charge in [0, 0.05) is 11.6 Å². The van der Waals surface area contributed by atoms with Gasteiger partial charge in [0.15, 0.2) is 0 Å². The van der Waals surface area contributed by atoms with Crippen LogP contribution < -0.4 is 5.32 Å². The van der Waals surface area contributed by atoms with Gasteiger partial charge in [0.05, 0.1) is 16.6 Å². The van der Waals surface area contributed by atoms with Crippen molar-refractivity contribution in [3.8, 4) is 0 Å². The standard InChI is InChI=1S/C15H16Cl2N2OS/c1-19(2)14(10-5-6-21-9-10)8-18-15(20)12-4-3-11(16)7-13(12)17/h3-7,9,14H,8H2,1-2H3,(H,18,20). The van der Waals surface area contributed by atoms with Crippen LogP contribution in [0.5, 0.6) is 0 Å². The van der Waals surface area contributed by atoms with Crippen molar-refractivity contribution < 1.29 is 4.79 Å². The van der Waals surface area contributed by atoms with Gasteiger partial charge < -0.3 is 10.2 Å². The number of carbonyl (C=O) groups excluding carboxylic acids is 1. The van der Waals surface area contributed by atoms with Crippen LogP contribution in [0.3, 0.4) is 0 Å². The summed E-state index contributed by atoms with van der Waals surface area (Å²) in [6.45, 7) is 0.515. The fourth-order valence-corrected chi connectivity index (χ4v) is 3.22. The molecule has 0 saturated heterocycles. The van der Waals surface area contributed by atoms with Gasteiger partial charge in [-0.25, -0.2) is 0 Å². The summed E-state index contributed by atoms with van der Waals surface area (Å²) in [5, 5.41) is 7.92. The molecule has 1 atom stereocenters. The molecule has 1 amide bonds. The molecule has 0 bridgehead atoms. The van der Waals surface area contributed by atoms with Crippen molar-refractivity contribution in [1.82, 2.24) is 10.2 Å². The third-order valence-electron chi connectivity index (χ3n) is 3.18. The average molecular weight is 343 g/mol. The van der Waals surface area contributed by atoms with Gasteiger partial charge >= 0.3 is 0 Å². The molecule has 21 heavy (non-hydrogen) atoms. The number of halogens is 2. The monoisotopic (exact) mass is 342 g/mol. The summed E-state index contributed by atoms with van der Waals surface area (Å²) in [6.07, 6.45) is 0. The quantitative estimate of drug-likeness (QED) is 0.887. The Morgan fingerprint density at radius 1 is 1.33 bits per heavy atom. The minimum Gasteiger partial charge on any atom is -0.350 e. The van der Waals surface area contributed by atoms with Crippen LogP contribution >= 0.6 is 34.5 Å². The summed E-state index contributed by atoms with van der Waals surface area (Å²) in [4.78, 5) is 14.3. The van der Waals surface area contributed by atoms with Gasteiger partial charge in [0.1, 0.15) is 0 Å². The van der Waals surface area contributed by atoms with E-state index in [0.717, 1.165) is 0 Å². The molecule has 2 aromatic rings. The highest BCUT2D eigenvalue weighted by Gasteiger charge is 2.17. The zero-order valence-electron chi connectivity index (χ0n) is 11.8. The molecule has 0 fully saturated rings. The third-order valence-corrected chi connectivity index (χ3v) is 4.43. The Kier molecular flexibility index (Phi) is 5.65. The fourth-order valence-electron chi connectivity index (χ4n) is 2.02. The summed E-state index contributed by atoms with van der Waals surface area (Å²) in [5.74, 6) is -0.196. The maximum Gasteiger partial charge on any atom is 0.252 e. The maximum atomic E-state index is 12.2. The molecular weight excluding hydrogens is 327 g/mol. The number of nitrogens with zero attached hydrogens (tertiary/aromatic N) is 1. The highest BCUT2D eigenvalue weighted by molar-refractivity contribution is 7.07. The van der Waals surface area contributed by atoms with E-state index in [4.69, 9.17) is 23.2 Å². The Morgan fingerprint density at radius 3 is 2.67 bits per heavy atom. The second kappa shape index (κ2) is 7.27. The molecule has 3 nitrogen and oxygen atoms in total. The lowest BCUT2D eigenvalue weighted by molar-refractivity contribution is 0.0942. The molecule has 1 aromatic carbocycles. The molecule has 1 aromatic heterocycles. The van der Waals surface area contributed by atoms with Crippen LogP contribution in [0, 0.1) is 0 Å². The molecule has 0 aliphatic carbocycles. The van der Waals surface area contributed by atoms with E-state index in [-0.39, 0.29) is 11.9 Å². The van der Waals surface area contributed by atoms with Crippen LogP contribution in [-0.2, 0) is 0 Å². The molecule has 0 saturated carbocycles. The summed E-state index contributed by atoms with van der Waals surface area (Å²) in [7, 11) is 3.98. The van der Waals surface area contributed by atoms with Crippen molar-refractivity contribution in [3.05, 3.63) is 56.2 Å². The van der Waals surface area contributed by atoms with Gasteiger partial charge in [0.25, 0.3) is 5.91 Å². The lowest BCUT2D eigenvalue weighted by Crippen LogP contribution is -2.34. The first kappa shape index (κ1) is 16.3. The number of likely N-dealkylation sites (N-methyl/N-ethyl adjacent to an activating group) is 1. The van der Waals surface area contributed by atoms with E-state index in [1.807, 2.05) is 19.5 Å². The van der Waals surface area contributed by atoms with Crippen LogP contribution in [0.1, 0.15) is 22.0 Å². The molecule has 1 heterocycles. The Labute approximate surface area is 138 Å². The summed E-state index contributed by atoms with van der Waals surface area (Å²) >= 11 is 13.5. The smallest absolute Gasteiger partial charge is 0.252 e. The third kappa shape index (κ3) is 4.20. The topological polar surface area (TPSA) is 32.3 Å². The predicted octanol–water partition coefficient (Wildman–Crippen LogP) is 4.09. The molecule has 0 radical (unpaired) electrons. The Balaban J connectivity index is 2.05. The van der Waals surface area contributed by atoms with Crippen molar-refractivity contribution in [2.75, 3.05) is 20.6 Å². The highest BCUT2D eigenvalue weighted by Crippen LogP contribution is 2.22. The minimum absolute atomic E-state index is 0.131. The van der Waals surface area contributed by atoms with E-state index >= 15 is 0 Å². The van der Waals surface area contributed by atoms with Crippen molar-refractivity contribution >= 4 is 40.4 Å². The van der Waals surface area contributed by atoms with Crippen LogP contribution in [-0.4, -0.2) is 31.4 Å². The van der Waals surface area contributed by atoms with Crippen molar-refractivity contribution in [1.29, 1.82) is 0 Å².